The number of sulfonamides is 1. The maximum Gasteiger partial charge on any atom is 0.417 e. The van der Waals surface area contributed by atoms with Gasteiger partial charge in [0.05, 0.1) is 10.5 Å². The minimum Gasteiger partial charge on any atom is -0.484 e. The number of benzene rings is 3. The van der Waals surface area contributed by atoms with Crippen molar-refractivity contribution >= 4 is 15.9 Å². The van der Waals surface area contributed by atoms with Crippen molar-refractivity contribution in [2.45, 2.75) is 30.0 Å². The molecule has 1 unspecified atom stereocenters. The zero-order chi connectivity index (χ0) is 24.5. The number of amides is 1. The normalized spacial score (nSPS) is 15.7. The zero-order valence-corrected chi connectivity index (χ0v) is 18.6. The Bertz CT molecular complexity index is 1330. The molecule has 4 rings (SSSR count). The highest BCUT2D eigenvalue weighted by atomic mass is 32.2. The summed E-state index contributed by atoms with van der Waals surface area (Å²) in [5.74, 6) is -0.234. The van der Waals surface area contributed by atoms with E-state index in [0.29, 0.717) is 17.7 Å². The van der Waals surface area contributed by atoms with Gasteiger partial charge in [-0.05, 0) is 59.4 Å². The number of primary amides is 1. The standard InChI is InChI=1S/C24H21F3N2O4S/c25-24(26,27)21-13-17(15-4-2-1-3-5-15)7-9-22(21)34(31,32)29-19-10-16-6-8-20(12-18(16)11-19)33-14-23(28)30/h1-9,12-13,19,29H,10-11,14H2,(H2,28,30). The number of rotatable bonds is 7. The number of alkyl halides is 3. The van der Waals surface area contributed by atoms with E-state index in [1.165, 1.54) is 6.07 Å². The number of hydrogen-bond donors (Lipinski definition) is 2. The Morgan fingerprint density at radius 3 is 2.35 bits per heavy atom. The molecule has 0 bridgehead atoms. The lowest BCUT2D eigenvalue weighted by atomic mass is 10.0. The third-order valence-electron chi connectivity index (χ3n) is 5.49. The first-order chi connectivity index (χ1) is 16.0. The molecule has 3 aromatic rings. The van der Waals surface area contributed by atoms with Crippen LogP contribution in [0.4, 0.5) is 13.2 Å². The summed E-state index contributed by atoms with van der Waals surface area (Å²) in [5, 5.41) is 0. The van der Waals surface area contributed by atoms with E-state index >= 15 is 0 Å². The maximum absolute atomic E-state index is 13.8. The van der Waals surface area contributed by atoms with E-state index in [0.717, 1.165) is 23.3 Å². The van der Waals surface area contributed by atoms with E-state index in [4.69, 9.17) is 10.5 Å². The molecule has 1 atom stereocenters. The molecule has 0 saturated carbocycles. The molecule has 178 valence electrons. The first kappa shape index (κ1) is 23.8. The van der Waals surface area contributed by atoms with E-state index in [9.17, 15) is 26.4 Å². The predicted octanol–water partition coefficient (Wildman–Crippen LogP) is 3.68. The van der Waals surface area contributed by atoms with Gasteiger partial charge < -0.3 is 10.5 Å². The average molecular weight is 491 g/mol. The number of hydrogen-bond acceptors (Lipinski definition) is 4. The molecule has 1 aliphatic rings. The lowest BCUT2D eigenvalue weighted by Gasteiger charge is -2.18. The molecule has 0 radical (unpaired) electrons. The quantitative estimate of drug-likeness (QED) is 0.528. The van der Waals surface area contributed by atoms with E-state index in [1.807, 2.05) is 0 Å². The van der Waals surface area contributed by atoms with Gasteiger partial charge in [0.2, 0.25) is 10.0 Å². The molecule has 0 fully saturated rings. The van der Waals surface area contributed by atoms with Crippen LogP contribution >= 0.6 is 0 Å². The smallest absolute Gasteiger partial charge is 0.417 e. The van der Waals surface area contributed by atoms with E-state index in [1.54, 1.807) is 48.5 Å². The van der Waals surface area contributed by atoms with Crippen LogP contribution in [0.3, 0.4) is 0 Å². The highest BCUT2D eigenvalue weighted by Crippen LogP contribution is 2.37. The molecule has 0 aliphatic heterocycles. The van der Waals surface area contributed by atoms with Crippen LogP contribution in [0, 0.1) is 0 Å². The van der Waals surface area contributed by atoms with Gasteiger partial charge in [-0.1, -0.05) is 42.5 Å². The molecule has 1 amide bonds. The van der Waals surface area contributed by atoms with Crippen LogP contribution in [0.1, 0.15) is 16.7 Å². The Morgan fingerprint density at radius 1 is 0.971 bits per heavy atom. The fraction of sp³-hybridized carbons (Fsp3) is 0.208. The first-order valence-corrected chi connectivity index (χ1v) is 11.8. The lowest BCUT2D eigenvalue weighted by Crippen LogP contribution is -2.36. The van der Waals surface area contributed by atoms with Crippen molar-refractivity contribution in [3.63, 3.8) is 0 Å². The van der Waals surface area contributed by atoms with Crippen molar-refractivity contribution < 1.29 is 31.1 Å². The summed E-state index contributed by atoms with van der Waals surface area (Å²) in [4.78, 5) is 10.1. The number of ether oxygens (including phenoxy) is 1. The molecular formula is C24H21F3N2O4S. The molecule has 3 N–H and O–H groups in total. The average Bonchev–Trinajstić information content (AvgIpc) is 3.18. The van der Waals surface area contributed by atoms with Crippen LogP contribution < -0.4 is 15.2 Å². The molecular weight excluding hydrogens is 469 g/mol. The van der Waals surface area contributed by atoms with Crippen LogP contribution in [-0.2, 0) is 33.8 Å². The largest absolute Gasteiger partial charge is 0.484 e. The molecule has 0 spiro atoms. The third kappa shape index (κ3) is 5.23. The van der Waals surface area contributed by atoms with E-state index in [-0.39, 0.29) is 18.6 Å². The van der Waals surface area contributed by atoms with Crippen molar-refractivity contribution in [2.75, 3.05) is 6.61 Å². The van der Waals surface area contributed by atoms with Gasteiger partial charge in [0.1, 0.15) is 5.75 Å². The fourth-order valence-corrected chi connectivity index (χ4v) is 5.44. The number of nitrogens with one attached hydrogen (secondary N) is 1. The van der Waals surface area contributed by atoms with Crippen molar-refractivity contribution in [3.8, 4) is 16.9 Å². The summed E-state index contributed by atoms with van der Waals surface area (Å²) in [5.41, 5.74) is 6.28. The van der Waals surface area contributed by atoms with Crippen LogP contribution in [0.2, 0.25) is 0 Å². The molecule has 0 heterocycles. The molecule has 0 saturated heterocycles. The Morgan fingerprint density at radius 2 is 1.68 bits per heavy atom. The molecule has 34 heavy (non-hydrogen) atoms. The topological polar surface area (TPSA) is 98.5 Å². The molecule has 1 aliphatic carbocycles. The summed E-state index contributed by atoms with van der Waals surface area (Å²) in [6.07, 6.45) is -4.28. The maximum atomic E-state index is 13.8. The SMILES string of the molecule is NC(=O)COc1ccc2c(c1)CC(NS(=O)(=O)c1ccc(-c3ccccc3)cc1C(F)(F)F)C2. The van der Waals surface area contributed by atoms with Crippen LogP contribution in [0.25, 0.3) is 11.1 Å². The van der Waals surface area contributed by atoms with Gasteiger partial charge in [-0.3, -0.25) is 4.79 Å². The Kier molecular flexibility index (Phi) is 6.37. The molecule has 6 nitrogen and oxygen atoms in total. The van der Waals surface area contributed by atoms with Gasteiger partial charge in [0.25, 0.3) is 5.91 Å². The number of nitrogens with two attached hydrogens (primary N) is 1. The van der Waals surface area contributed by atoms with Gasteiger partial charge in [-0.15, -0.1) is 0 Å². The van der Waals surface area contributed by atoms with E-state index < -0.39 is 38.6 Å². The van der Waals surface area contributed by atoms with Crippen molar-refractivity contribution in [2.24, 2.45) is 5.73 Å². The van der Waals surface area contributed by atoms with Gasteiger partial charge in [0.15, 0.2) is 6.61 Å². The van der Waals surface area contributed by atoms with Crippen LogP contribution in [0.5, 0.6) is 5.75 Å². The zero-order valence-electron chi connectivity index (χ0n) is 17.8. The Labute approximate surface area is 194 Å². The monoisotopic (exact) mass is 490 g/mol. The summed E-state index contributed by atoms with van der Waals surface area (Å²) in [6.45, 7) is -0.298. The van der Waals surface area contributed by atoms with E-state index in [2.05, 4.69) is 4.72 Å². The lowest BCUT2D eigenvalue weighted by molar-refractivity contribution is -0.139. The second kappa shape index (κ2) is 9.11. The summed E-state index contributed by atoms with van der Waals surface area (Å²) in [6, 6.07) is 16.0. The minimum absolute atomic E-state index is 0.267. The number of carbonyl (C=O) groups excluding carboxylic acids is 1. The Balaban J connectivity index is 1.58. The summed E-state index contributed by atoms with van der Waals surface area (Å²) < 4.78 is 75.2. The minimum atomic E-state index is -4.86. The predicted molar refractivity (Wildman–Crippen MR) is 120 cm³/mol. The second-order valence-corrected chi connectivity index (χ2v) is 9.67. The van der Waals surface area contributed by atoms with Crippen molar-refractivity contribution in [1.82, 2.24) is 4.72 Å². The van der Waals surface area contributed by atoms with Gasteiger partial charge >= 0.3 is 6.18 Å². The second-order valence-electron chi connectivity index (χ2n) is 7.99. The van der Waals surface area contributed by atoms with Crippen molar-refractivity contribution in [3.05, 3.63) is 83.4 Å². The number of fused-ring (bicyclic) bond motifs is 1. The molecule has 0 aromatic heterocycles. The molecule has 10 heteroatoms. The first-order valence-electron chi connectivity index (χ1n) is 10.3. The molecule has 3 aromatic carbocycles. The van der Waals surface area contributed by atoms with Gasteiger partial charge in [-0.25, -0.2) is 13.1 Å². The van der Waals surface area contributed by atoms with Gasteiger partial charge in [-0.2, -0.15) is 13.2 Å². The van der Waals surface area contributed by atoms with Gasteiger partial charge in [0, 0.05) is 6.04 Å². The summed E-state index contributed by atoms with van der Waals surface area (Å²) in [7, 11) is -4.47. The number of carbonyl (C=O) groups is 1. The van der Waals surface area contributed by atoms with Crippen molar-refractivity contribution in [1.29, 1.82) is 0 Å². The fourth-order valence-electron chi connectivity index (χ4n) is 4.00. The highest BCUT2D eigenvalue weighted by Gasteiger charge is 2.38. The Hall–Kier alpha value is -3.37. The highest BCUT2D eigenvalue weighted by molar-refractivity contribution is 7.89. The van der Waals surface area contributed by atoms with Crippen LogP contribution in [0.15, 0.2) is 71.6 Å². The van der Waals surface area contributed by atoms with Crippen LogP contribution in [-0.4, -0.2) is 27.0 Å². The third-order valence-corrected chi connectivity index (χ3v) is 7.07. The number of halogens is 3. The summed E-state index contributed by atoms with van der Waals surface area (Å²) >= 11 is 0.